The summed E-state index contributed by atoms with van der Waals surface area (Å²) in [4.78, 5) is 11.7. The largest absolute Gasteiger partial charge is 0.461 e. The Morgan fingerprint density at radius 3 is 3.06 bits per heavy atom. The summed E-state index contributed by atoms with van der Waals surface area (Å²) < 4.78 is 6.64. The van der Waals surface area contributed by atoms with Gasteiger partial charge in [-0.3, -0.25) is 4.68 Å². The molecule has 5 nitrogen and oxygen atoms in total. The molecule has 1 aliphatic rings. The summed E-state index contributed by atoms with van der Waals surface area (Å²) in [6.45, 7) is 2.84. The van der Waals surface area contributed by atoms with Crippen molar-refractivity contribution in [1.82, 2.24) is 9.78 Å². The van der Waals surface area contributed by atoms with Gasteiger partial charge in [-0.05, 0) is 31.7 Å². The highest BCUT2D eigenvalue weighted by Crippen LogP contribution is 2.47. The summed E-state index contributed by atoms with van der Waals surface area (Å²) in [5, 5.41) is 4.16. The number of carbonyl (C=O) groups is 1. The summed E-state index contributed by atoms with van der Waals surface area (Å²) in [6.07, 6.45) is 2.95. The molecular weight excluding hydrogens is 206 g/mol. The number of aromatic nitrogens is 2. The van der Waals surface area contributed by atoms with E-state index >= 15 is 0 Å². The van der Waals surface area contributed by atoms with Gasteiger partial charge in [0, 0.05) is 18.8 Å². The standard InChI is InChI=1S/C11H17N3O2/c1-3-16-11(15)10-9(6-14(2)13-10)8-4-7(8)5-12/h6-8H,3-5,12H2,1-2H3/t7-,8+/m0/s1. The zero-order valence-electron chi connectivity index (χ0n) is 9.64. The van der Waals surface area contributed by atoms with E-state index in [9.17, 15) is 4.79 Å². The number of carbonyl (C=O) groups excluding carboxylic acids is 1. The fraction of sp³-hybridized carbons (Fsp3) is 0.636. The summed E-state index contributed by atoms with van der Waals surface area (Å²) in [7, 11) is 1.81. The quantitative estimate of drug-likeness (QED) is 0.761. The molecule has 0 amide bonds. The van der Waals surface area contributed by atoms with Gasteiger partial charge >= 0.3 is 5.97 Å². The molecule has 1 saturated carbocycles. The monoisotopic (exact) mass is 223 g/mol. The van der Waals surface area contributed by atoms with Crippen LogP contribution in [0.5, 0.6) is 0 Å². The molecule has 1 aliphatic carbocycles. The topological polar surface area (TPSA) is 70.1 Å². The van der Waals surface area contributed by atoms with E-state index in [4.69, 9.17) is 10.5 Å². The first-order valence-corrected chi connectivity index (χ1v) is 5.58. The SMILES string of the molecule is CCOC(=O)c1nn(C)cc1[C@@H]1C[C@H]1CN. The number of esters is 1. The van der Waals surface area contributed by atoms with Gasteiger partial charge in [0.15, 0.2) is 5.69 Å². The Kier molecular flexibility index (Phi) is 2.96. The van der Waals surface area contributed by atoms with Crippen molar-refractivity contribution in [2.75, 3.05) is 13.2 Å². The minimum absolute atomic E-state index is 0.333. The third kappa shape index (κ3) is 1.95. The number of nitrogens with zero attached hydrogens (tertiary/aromatic N) is 2. The molecule has 0 saturated heterocycles. The van der Waals surface area contributed by atoms with Crippen LogP contribution in [-0.2, 0) is 11.8 Å². The maximum atomic E-state index is 11.7. The lowest BCUT2D eigenvalue weighted by atomic mass is 10.1. The molecule has 2 atom stereocenters. The predicted molar refractivity (Wildman–Crippen MR) is 59.1 cm³/mol. The van der Waals surface area contributed by atoms with Gasteiger partial charge in [0.05, 0.1) is 6.61 Å². The molecule has 1 aromatic heterocycles. The van der Waals surface area contributed by atoms with Crippen LogP contribution < -0.4 is 5.73 Å². The third-order valence-corrected chi connectivity index (χ3v) is 2.95. The van der Waals surface area contributed by atoms with Crippen LogP contribution in [0.2, 0.25) is 0 Å². The Hall–Kier alpha value is -1.36. The van der Waals surface area contributed by atoms with Crippen LogP contribution in [0.3, 0.4) is 0 Å². The summed E-state index contributed by atoms with van der Waals surface area (Å²) in [5.41, 5.74) is 7.04. The van der Waals surface area contributed by atoms with E-state index < -0.39 is 0 Å². The fourth-order valence-electron chi connectivity index (χ4n) is 2.03. The highest BCUT2D eigenvalue weighted by molar-refractivity contribution is 5.89. The van der Waals surface area contributed by atoms with Gasteiger partial charge in [-0.2, -0.15) is 5.10 Å². The predicted octanol–water partition coefficient (Wildman–Crippen LogP) is 0.659. The molecule has 1 fully saturated rings. The molecule has 0 spiro atoms. The molecule has 1 heterocycles. The average molecular weight is 223 g/mol. The zero-order valence-corrected chi connectivity index (χ0v) is 9.64. The van der Waals surface area contributed by atoms with Gasteiger partial charge in [-0.25, -0.2) is 4.79 Å². The van der Waals surface area contributed by atoms with E-state index in [1.165, 1.54) is 0 Å². The van der Waals surface area contributed by atoms with E-state index in [0.29, 0.717) is 30.7 Å². The van der Waals surface area contributed by atoms with Crippen molar-refractivity contribution in [3.63, 3.8) is 0 Å². The Balaban J connectivity index is 2.21. The first-order chi connectivity index (χ1) is 7.67. The Morgan fingerprint density at radius 1 is 1.75 bits per heavy atom. The maximum Gasteiger partial charge on any atom is 0.359 e. The van der Waals surface area contributed by atoms with E-state index in [1.54, 1.807) is 11.6 Å². The van der Waals surface area contributed by atoms with Crippen LogP contribution in [0, 0.1) is 5.92 Å². The van der Waals surface area contributed by atoms with Crippen LogP contribution in [0.25, 0.3) is 0 Å². The second-order valence-electron chi connectivity index (χ2n) is 4.17. The molecule has 0 aliphatic heterocycles. The van der Waals surface area contributed by atoms with Crippen molar-refractivity contribution in [3.8, 4) is 0 Å². The van der Waals surface area contributed by atoms with Crippen molar-refractivity contribution in [1.29, 1.82) is 0 Å². The molecule has 2 rings (SSSR count). The van der Waals surface area contributed by atoms with Crippen LogP contribution in [-0.4, -0.2) is 28.9 Å². The van der Waals surface area contributed by atoms with Crippen molar-refractivity contribution >= 4 is 5.97 Å². The number of ether oxygens (including phenoxy) is 1. The molecule has 0 radical (unpaired) electrons. The average Bonchev–Trinajstić information content (AvgIpc) is 2.94. The number of nitrogens with two attached hydrogens (primary N) is 1. The van der Waals surface area contributed by atoms with Crippen LogP contribution in [0.4, 0.5) is 0 Å². The second-order valence-corrected chi connectivity index (χ2v) is 4.17. The van der Waals surface area contributed by atoms with E-state index in [0.717, 1.165) is 12.0 Å². The van der Waals surface area contributed by atoms with Crippen LogP contribution >= 0.6 is 0 Å². The smallest absolute Gasteiger partial charge is 0.359 e. The van der Waals surface area contributed by atoms with Crippen molar-refractivity contribution in [2.45, 2.75) is 19.3 Å². The highest BCUT2D eigenvalue weighted by Gasteiger charge is 2.40. The van der Waals surface area contributed by atoms with Gasteiger partial charge in [0.25, 0.3) is 0 Å². The zero-order chi connectivity index (χ0) is 11.7. The molecule has 0 bridgehead atoms. The molecule has 0 unspecified atom stereocenters. The summed E-state index contributed by atoms with van der Waals surface area (Å²) in [6, 6.07) is 0. The van der Waals surface area contributed by atoms with E-state index in [1.807, 2.05) is 13.2 Å². The van der Waals surface area contributed by atoms with Gasteiger partial charge in [-0.15, -0.1) is 0 Å². The van der Waals surface area contributed by atoms with E-state index in [2.05, 4.69) is 5.10 Å². The van der Waals surface area contributed by atoms with Gasteiger partial charge < -0.3 is 10.5 Å². The lowest BCUT2D eigenvalue weighted by Gasteiger charge is -2.00. The van der Waals surface area contributed by atoms with Gasteiger partial charge in [0.1, 0.15) is 0 Å². The molecular formula is C11H17N3O2. The van der Waals surface area contributed by atoms with E-state index in [-0.39, 0.29) is 5.97 Å². The lowest BCUT2D eigenvalue weighted by molar-refractivity contribution is 0.0517. The highest BCUT2D eigenvalue weighted by atomic mass is 16.5. The molecule has 88 valence electrons. The third-order valence-electron chi connectivity index (χ3n) is 2.95. The minimum Gasteiger partial charge on any atom is -0.461 e. The normalized spacial score (nSPS) is 23.2. The second kappa shape index (κ2) is 4.25. The number of aryl methyl sites for hydroxylation is 1. The number of hydrogen-bond donors (Lipinski definition) is 1. The minimum atomic E-state index is -0.333. The fourth-order valence-corrected chi connectivity index (χ4v) is 2.03. The Bertz CT molecular complexity index is 400. The van der Waals surface area contributed by atoms with Crippen molar-refractivity contribution < 1.29 is 9.53 Å². The van der Waals surface area contributed by atoms with Gasteiger partial charge in [-0.1, -0.05) is 0 Å². The molecule has 5 heteroatoms. The first-order valence-electron chi connectivity index (χ1n) is 5.58. The molecule has 1 aromatic rings. The summed E-state index contributed by atoms with van der Waals surface area (Å²) >= 11 is 0. The lowest BCUT2D eigenvalue weighted by Crippen LogP contribution is -2.09. The van der Waals surface area contributed by atoms with Crippen molar-refractivity contribution in [2.24, 2.45) is 18.7 Å². The Labute approximate surface area is 94.6 Å². The van der Waals surface area contributed by atoms with Crippen molar-refractivity contribution in [3.05, 3.63) is 17.5 Å². The molecule has 2 N–H and O–H groups in total. The Morgan fingerprint density at radius 2 is 2.50 bits per heavy atom. The first kappa shape index (κ1) is 11.1. The number of hydrogen-bond acceptors (Lipinski definition) is 4. The maximum absolute atomic E-state index is 11.7. The summed E-state index contributed by atoms with van der Waals surface area (Å²) in [5.74, 6) is 0.552. The molecule has 0 aromatic carbocycles. The van der Waals surface area contributed by atoms with Gasteiger partial charge in [0.2, 0.25) is 0 Å². The molecule has 16 heavy (non-hydrogen) atoms. The van der Waals surface area contributed by atoms with Crippen LogP contribution in [0.15, 0.2) is 6.20 Å². The number of rotatable bonds is 4. The van der Waals surface area contributed by atoms with Crippen LogP contribution in [0.1, 0.15) is 35.3 Å².